The smallest absolute Gasteiger partial charge is 0.321 e. The van der Waals surface area contributed by atoms with Gasteiger partial charge in [-0.2, -0.15) is 0 Å². The highest BCUT2D eigenvalue weighted by Crippen LogP contribution is 2.32. The molecule has 3 rings (SSSR count). The lowest BCUT2D eigenvalue weighted by molar-refractivity contribution is -0.119. The van der Waals surface area contributed by atoms with E-state index in [4.69, 9.17) is 0 Å². The van der Waals surface area contributed by atoms with Crippen LogP contribution in [0.15, 0.2) is 5.16 Å². The van der Waals surface area contributed by atoms with E-state index >= 15 is 0 Å². The summed E-state index contributed by atoms with van der Waals surface area (Å²) in [4.78, 5) is 24.1. The zero-order valence-corrected chi connectivity index (χ0v) is 14.7. The Labute approximate surface area is 145 Å². The molecule has 2 fully saturated rings. The van der Waals surface area contributed by atoms with Crippen LogP contribution < -0.4 is 10.6 Å². The summed E-state index contributed by atoms with van der Waals surface area (Å²) in [7, 11) is 0. The largest absolute Gasteiger partial charge is 0.335 e. The SMILES string of the molecule is CC(Sc1nnnn1C1CCCC1)C(=O)NC(=O)NC1CCCC1. The molecular weight excluding hydrogens is 328 g/mol. The number of tetrazole rings is 1. The van der Waals surface area contributed by atoms with Gasteiger partial charge < -0.3 is 5.32 Å². The van der Waals surface area contributed by atoms with Crippen LogP contribution in [0.25, 0.3) is 0 Å². The number of rotatable bonds is 5. The first kappa shape index (κ1) is 17.2. The van der Waals surface area contributed by atoms with Crippen molar-refractivity contribution in [2.24, 2.45) is 0 Å². The number of hydrogen-bond acceptors (Lipinski definition) is 6. The number of urea groups is 1. The Bertz CT molecular complexity index is 580. The number of nitrogens with zero attached hydrogens (tertiary/aromatic N) is 4. The fraction of sp³-hybridized carbons (Fsp3) is 0.800. The Kier molecular flexibility index (Phi) is 5.70. The second kappa shape index (κ2) is 7.96. The summed E-state index contributed by atoms with van der Waals surface area (Å²) < 4.78 is 1.82. The summed E-state index contributed by atoms with van der Waals surface area (Å²) in [6.45, 7) is 1.76. The molecule has 24 heavy (non-hydrogen) atoms. The number of carbonyl (C=O) groups is 2. The molecule has 0 bridgehead atoms. The molecule has 0 saturated heterocycles. The second-order valence-corrected chi connectivity index (χ2v) is 7.86. The summed E-state index contributed by atoms with van der Waals surface area (Å²) in [6, 6.07) is 0.105. The summed E-state index contributed by atoms with van der Waals surface area (Å²) in [5.74, 6) is -0.323. The van der Waals surface area contributed by atoms with Gasteiger partial charge in [0.15, 0.2) is 0 Å². The predicted octanol–water partition coefficient (Wildman–Crippen LogP) is 2.04. The number of thioether (sulfide) groups is 1. The molecule has 1 unspecified atom stereocenters. The Morgan fingerprint density at radius 1 is 1.17 bits per heavy atom. The van der Waals surface area contributed by atoms with E-state index in [0.717, 1.165) is 38.5 Å². The molecule has 8 nitrogen and oxygen atoms in total. The third-order valence-corrected chi connectivity index (χ3v) is 5.76. The zero-order valence-electron chi connectivity index (χ0n) is 13.9. The average Bonchev–Trinajstić information content (AvgIpc) is 3.28. The Hall–Kier alpha value is -1.64. The molecule has 9 heteroatoms. The molecule has 2 aliphatic carbocycles. The first-order valence-electron chi connectivity index (χ1n) is 8.69. The quantitative estimate of drug-likeness (QED) is 0.786. The number of imide groups is 1. The van der Waals surface area contributed by atoms with Crippen molar-refractivity contribution >= 4 is 23.7 Å². The van der Waals surface area contributed by atoms with E-state index in [2.05, 4.69) is 26.2 Å². The first-order valence-corrected chi connectivity index (χ1v) is 9.57. The van der Waals surface area contributed by atoms with Crippen molar-refractivity contribution in [2.75, 3.05) is 0 Å². The van der Waals surface area contributed by atoms with Crippen LogP contribution in [-0.4, -0.2) is 43.4 Å². The van der Waals surface area contributed by atoms with E-state index in [1.165, 1.54) is 24.6 Å². The molecule has 0 aromatic carbocycles. The van der Waals surface area contributed by atoms with Gasteiger partial charge in [0.1, 0.15) is 0 Å². The number of hydrogen-bond donors (Lipinski definition) is 2. The van der Waals surface area contributed by atoms with Gasteiger partial charge in [-0.1, -0.05) is 37.4 Å². The Morgan fingerprint density at radius 3 is 2.54 bits per heavy atom. The number of carbonyl (C=O) groups excluding carboxylic acids is 2. The van der Waals surface area contributed by atoms with E-state index < -0.39 is 11.3 Å². The molecule has 1 heterocycles. The second-order valence-electron chi connectivity index (χ2n) is 6.55. The molecule has 0 aliphatic heterocycles. The van der Waals surface area contributed by atoms with Gasteiger partial charge in [-0.05, 0) is 43.0 Å². The van der Waals surface area contributed by atoms with Crippen LogP contribution in [0.2, 0.25) is 0 Å². The summed E-state index contributed by atoms with van der Waals surface area (Å²) in [6.07, 6.45) is 8.76. The minimum absolute atomic E-state index is 0.190. The maximum Gasteiger partial charge on any atom is 0.321 e. The van der Waals surface area contributed by atoms with Gasteiger partial charge in [0, 0.05) is 6.04 Å². The number of amides is 3. The van der Waals surface area contributed by atoms with Crippen molar-refractivity contribution in [1.29, 1.82) is 0 Å². The summed E-state index contributed by atoms with van der Waals surface area (Å²) in [5.41, 5.74) is 0. The van der Waals surface area contributed by atoms with Crippen LogP contribution >= 0.6 is 11.8 Å². The number of nitrogens with one attached hydrogen (secondary N) is 2. The molecule has 1 atom stereocenters. The van der Waals surface area contributed by atoms with E-state index in [1.807, 2.05) is 4.68 Å². The van der Waals surface area contributed by atoms with Crippen molar-refractivity contribution in [3.63, 3.8) is 0 Å². The van der Waals surface area contributed by atoms with E-state index in [0.29, 0.717) is 11.2 Å². The summed E-state index contributed by atoms with van der Waals surface area (Å²) in [5, 5.41) is 17.3. The molecule has 3 amide bonds. The molecule has 2 saturated carbocycles. The van der Waals surface area contributed by atoms with Crippen LogP contribution in [0, 0.1) is 0 Å². The van der Waals surface area contributed by atoms with Crippen LogP contribution in [0.4, 0.5) is 4.79 Å². The zero-order chi connectivity index (χ0) is 16.9. The van der Waals surface area contributed by atoms with Crippen LogP contribution in [0.1, 0.15) is 64.3 Å². The minimum atomic E-state index is -0.439. The molecular formula is C15H24N6O2S. The minimum Gasteiger partial charge on any atom is -0.335 e. The first-order chi connectivity index (χ1) is 11.6. The van der Waals surface area contributed by atoms with E-state index in [-0.39, 0.29) is 11.9 Å². The lowest BCUT2D eigenvalue weighted by Crippen LogP contribution is -2.46. The third kappa shape index (κ3) is 4.25. The fourth-order valence-corrected chi connectivity index (χ4v) is 4.22. The molecule has 1 aromatic rings. The molecule has 2 N–H and O–H groups in total. The summed E-state index contributed by atoms with van der Waals surface area (Å²) >= 11 is 1.29. The lowest BCUT2D eigenvalue weighted by atomic mass is 10.2. The highest BCUT2D eigenvalue weighted by molar-refractivity contribution is 8.00. The highest BCUT2D eigenvalue weighted by atomic mass is 32.2. The van der Waals surface area contributed by atoms with Crippen molar-refractivity contribution in [3.05, 3.63) is 0 Å². The van der Waals surface area contributed by atoms with Gasteiger partial charge in [0.25, 0.3) is 0 Å². The Morgan fingerprint density at radius 2 is 1.83 bits per heavy atom. The average molecular weight is 352 g/mol. The van der Waals surface area contributed by atoms with Crippen molar-refractivity contribution < 1.29 is 9.59 Å². The molecule has 0 radical (unpaired) electrons. The van der Waals surface area contributed by atoms with Crippen LogP contribution in [0.5, 0.6) is 0 Å². The van der Waals surface area contributed by atoms with Crippen molar-refractivity contribution in [3.8, 4) is 0 Å². The van der Waals surface area contributed by atoms with Gasteiger partial charge >= 0.3 is 6.03 Å². The van der Waals surface area contributed by atoms with E-state index in [9.17, 15) is 9.59 Å². The van der Waals surface area contributed by atoms with Crippen molar-refractivity contribution in [1.82, 2.24) is 30.8 Å². The third-order valence-electron chi connectivity index (χ3n) is 4.71. The monoisotopic (exact) mass is 352 g/mol. The van der Waals surface area contributed by atoms with Gasteiger partial charge in [0.2, 0.25) is 11.1 Å². The van der Waals surface area contributed by atoms with Gasteiger partial charge in [-0.3, -0.25) is 10.1 Å². The fourth-order valence-electron chi connectivity index (χ4n) is 3.36. The molecule has 0 spiro atoms. The maximum atomic E-state index is 12.2. The number of aromatic nitrogens is 4. The Balaban J connectivity index is 1.50. The molecule has 2 aliphatic rings. The molecule has 132 valence electrons. The lowest BCUT2D eigenvalue weighted by Gasteiger charge is -2.15. The highest BCUT2D eigenvalue weighted by Gasteiger charge is 2.26. The normalized spacial score (nSPS) is 20.2. The van der Waals surface area contributed by atoms with Crippen LogP contribution in [0.3, 0.4) is 0 Å². The van der Waals surface area contributed by atoms with Crippen LogP contribution in [-0.2, 0) is 4.79 Å². The van der Waals surface area contributed by atoms with E-state index in [1.54, 1.807) is 6.92 Å². The van der Waals surface area contributed by atoms with Gasteiger partial charge in [-0.15, -0.1) is 5.10 Å². The van der Waals surface area contributed by atoms with Gasteiger partial charge in [0.05, 0.1) is 11.3 Å². The van der Waals surface area contributed by atoms with Crippen molar-refractivity contribution in [2.45, 2.75) is 80.8 Å². The molecule has 1 aromatic heterocycles. The standard InChI is InChI=1S/C15H24N6O2S/c1-10(13(22)17-14(23)16-11-6-2-3-7-11)24-15-18-19-20-21(15)12-8-4-5-9-12/h10-12H,2-9H2,1H3,(H2,16,17,22,23). The predicted molar refractivity (Wildman–Crippen MR) is 89.6 cm³/mol. The topological polar surface area (TPSA) is 102 Å². The van der Waals surface area contributed by atoms with Gasteiger partial charge in [-0.25, -0.2) is 9.48 Å². The maximum absolute atomic E-state index is 12.2.